The van der Waals surface area contributed by atoms with Gasteiger partial charge in [0, 0.05) is 18.2 Å². The average molecular weight is 329 g/mol. The van der Waals surface area contributed by atoms with Crippen LogP contribution < -0.4 is 10.0 Å². The topological polar surface area (TPSA) is 101 Å². The van der Waals surface area contributed by atoms with Crippen LogP contribution in [0.25, 0.3) is 0 Å². The highest BCUT2D eigenvalue weighted by Crippen LogP contribution is 2.28. The first-order valence-electron chi connectivity index (χ1n) is 7.28. The Morgan fingerprint density at radius 2 is 1.82 bits per heavy atom. The monoisotopic (exact) mass is 329 g/mol. The van der Waals surface area contributed by atoms with Crippen molar-refractivity contribution in [2.24, 2.45) is 0 Å². The predicted octanol–water partition coefficient (Wildman–Crippen LogP) is 2.88. The van der Waals surface area contributed by atoms with Crippen LogP contribution in [0.5, 0.6) is 0 Å². The van der Waals surface area contributed by atoms with Crippen molar-refractivity contribution in [1.82, 2.24) is 4.72 Å². The largest absolute Gasteiger partial charge is 0.377 e. The number of nitrogens with one attached hydrogen (secondary N) is 2. The molecule has 0 aromatic heterocycles. The minimum atomic E-state index is -3.75. The summed E-state index contributed by atoms with van der Waals surface area (Å²) in [6, 6.07) is 3.74. The smallest absolute Gasteiger partial charge is 0.293 e. The summed E-state index contributed by atoms with van der Waals surface area (Å²) in [5.74, 6) is 0. The van der Waals surface area contributed by atoms with Gasteiger partial charge in [0.25, 0.3) is 5.69 Å². The second-order valence-electron chi connectivity index (χ2n) is 5.37. The van der Waals surface area contributed by atoms with Crippen LogP contribution in [0.3, 0.4) is 0 Å². The lowest BCUT2D eigenvalue weighted by molar-refractivity contribution is -0.384. The van der Waals surface area contributed by atoms with Gasteiger partial charge in [0.05, 0.1) is 9.82 Å². The zero-order valence-electron chi connectivity index (χ0n) is 13.3. The van der Waals surface area contributed by atoms with Gasteiger partial charge in [-0.3, -0.25) is 10.1 Å². The molecule has 0 fully saturated rings. The van der Waals surface area contributed by atoms with Crippen molar-refractivity contribution < 1.29 is 13.3 Å². The van der Waals surface area contributed by atoms with E-state index in [0.717, 1.165) is 18.9 Å². The summed E-state index contributed by atoms with van der Waals surface area (Å²) in [5, 5.41) is 14.3. The molecule has 0 heterocycles. The second-order valence-corrected chi connectivity index (χ2v) is 7.08. The fraction of sp³-hybridized carbons (Fsp3) is 0.571. The number of nitro groups is 1. The number of nitro benzene ring substituents is 1. The fourth-order valence-corrected chi connectivity index (χ4v) is 3.31. The lowest BCUT2D eigenvalue weighted by Crippen LogP contribution is -2.30. The zero-order valence-corrected chi connectivity index (χ0v) is 14.1. The Bertz CT molecular complexity index is 625. The molecular weight excluding hydrogens is 306 g/mol. The summed E-state index contributed by atoms with van der Waals surface area (Å²) in [4.78, 5) is 10.6. The van der Waals surface area contributed by atoms with Crippen molar-refractivity contribution in [1.29, 1.82) is 0 Å². The van der Waals surface area contributed by atoms with E-state index in [4.69, 9.17) is 0 Å². The Kier molecular flexibility index (Phi) is 6.31. The van der Waals surface area contributed by atoms with Crippen LogP contribution in [0.15, 0.2) is 23.1 Å². The average Bonchev–Trinajstić information content (AvgIpc) is 2.43. The van der Waals surface area contributed by atoms with Gasteiger partial charge >= 0.3 is 0 Å². The lowest BCUT2D eigenvalue weighted by Gasteiger charge is -2.17. The Labute approximate surface area is 131 Å². The molecule has 1 aromatic rings. The summed E-state index contributed by atoms with van der Waals surface area (Å²) < 4.78 is 26.6. The van der Waals surface area contributed by atoms with Crippen LogP contribution in [-0.2, 0) is 10.0 Å². The second kappa shape index (κ2) is 7.55. The van der Waals surface area contributed by atoms with Crippen LogP contribution in [-0.4, -0.2) is 25.4 Å². The van der Waals surface area contributed by atoms with Crippen molar-refractivity contribution in [3.05, 3.63) is 28.3 Å². The van der Waals surface area contributed by atoms with Gasteiger partial charge < -0.3 is 5.32 Å². The van der Waals surface area contributed by atoms with E-state index in [2.05, 4.69) is 10.0 Å². The normalized spacial score (nSPS) is 11.9. The van der Waals surface area contributed by atoms with Gasteiger partial charge in [-0.15, -0.1) is 0 Å². The highest BCUT2D eigenvalue weighted by Gasteiger charge is 2.22. The standard InChI is InChI=1S/C14H23N3O4S/c1-5-11(6-2)15-13-8-7-12(9-14(13)17(18)19)22(20,21)16-10(3)4/h7-11,15-16H,5-6H2,1-4H3. The quantitative estimate of drug-likeness (QED) is 0.564. The minimum Gasteiger partial charge on any atom is -0.377 e. The van der Waals surface area contributed by atoms with E-state index in [1.165, 1.54) is 12.1 Å². The van der Waals surface area contributed by atoms with Crippen molar-refractivity contribution in [3.8, 4) is 0 Å². The van der Waals surface area contributed by atoms with Crippen LogP contribution in [0, 0.1) is 10.1 Å². The van der Waals surface area contributed by atoms with Gasteiger partial charge in [-0.1, -0.05) is 13.8 Å². The molecule has 0 saturated heterocycles. The molecule has 0 unspecified atom stereocenters. The van der Waals surface area contributed by atoms with E-state index in [9.17, 15) is 18.5 Å². The molecule has 0 amide bonds. The molecule has 0 aliphatic carbocycles. The van der Waals surface area contributed by atoms with E-state index < -0.39 is 14.9 Å². The number of benzene rings is 1. The molecule has 7 nitrogen and oxygen atoms in total. The van der Waals surface area contributed by atoms with Crippen LogP contribution in [0.4, 0.5) is 11.4 Å². The van der Waals surface area contributed by atoms with Crippen LogP contribution in [0.1, 0.15) is 40.5 Å². The Morgan fingerprint density at radius 3 is 2.27 bits per heavy atom. The van der Waals surface area contributed by atoms with Gasteiger partial charge in [0.15, 0.2) is 0 Å². The first-order chi connectivity index (χ1) is 10.2. The van der Waals surface area contributed by atoms with Crippen LogP contribution in [0.2, 0.25) is 0 Å². The molecule has 1 rings (SSSR count). The van der Waals surface area contributed by atoms with Gasteiger partial charge in [0.2, 0.25) is 10.0 Å². The highest BCUT2D eigenvalue weighted by molar-refractivity contribution is 7.89. The molecule has 22 heavy (non-hydrogen) atoms. The molecule has 8 heteroatoms. The van der Waals surface area contributed by atoms with E-state index >= 15 is 0 Å². The zero-order chi connectivity index (χ0) is 16.9. The van der Waals surface area contributed by atoms with Crippen molar-refractivity contribution >= 4 is 21.4 Å². The first-order valence-corrected chi connectivity index (χ1v) is 8.76. The first kappa shape index (κ1) is 18.4. The number of hydrogen-bond donors (Lipinski definition) is 2. The Morgan fingerprint density at radius 1 is 1.23 bits per heavy atom. The fourth-order valence-electron chi connectivity index (χ4n) is 2.04. The number of rotatable bonds is 8. The van der Waals surface area contributed by atoms with Gasteiger partial charge in [-0.2, -0.15) is 0 Å². The van der Waals surface area contributed by atoms with Crippen molar-refractivity contribution in [3.63, 3.8) is 0 Å². The maximum Gasteiger partial charge on any atom is 0.293 e. The third-order valence-electron chi connectivity index (χ3n) is 3.21. The summed E-state index contributed by atoms with van der Waals surface area (Å²) >= 11 is 0. The van der Waals surface area contributed by atoms with Crippen molar-refractivity contribution in [2.75, 3.05) is 5.32 Å². The van der Waals surface area contributed by atoms with Gasteiger partial charge in [-0.25, -0.2) is 13.1 Å². The summed E-state index contributed by atoms with van der Waals surface area (Å²) in [7, 11) is -3.75. The number of hydrogen-bond acceptors (Lipinski definition) is 5. The Hall–Kier alpha value is -1.67. The minimum absolute atomic E-state index is 0.106. The molecule has 0 atom stereocenters. The lowest BCUT2D eigenvalue weighted by atomic mass is 10.1. The van der Waals surface area contributed by atoms with Crippen molar-refractivity contribution in [2.45, 2.75) is 57.5 Å². The summed E-state index contributed by atoms with van der Waals surface area (Å²) in [6.45, 7) is 7.35. The molecule has 0 radical (unpaired) electrons. The molecule has 0 aliphatic heterocycles. The van der Waals surface area contributed by atoms with Gasteiger partial charge in [0.1, 0.15) is 5.69 Å². The third-order valence-corrected chi connectivity index (χ3v) is 4.87. The maximum atomic E-state index is 12.1. The predicted molar refractivity (Wildman–Crippen MR) is 86.5 cm³/mol. The van der Waals surface area contributed by atoms with E-state index in [1.54, 1.807) is 13.8 Å². The molecule has 0 saturated carbocycles. The molecule has 1 aromatic carbocycles. The SMILES string of the molecule is CCC(CC)Nc1ccc(S(=O)(=O)NC(C)C)cc1[N+](=O)[O-]. The Balaban J connectivity index is 3.23. The van der Waals surface area contributed by atoms with E-state index in [-0.39, 0.29) is 22.7 Å². The van der Waals surface area contributed by atoms with Gasteiger partial charge in [-0.05, 0) is 38.8 Å². The maximum absolute atomic E-state index is 12.1. The molecule has 0 spiro atoms. The number of sulfonamides is 1. The van der Waals surface area contributed by atoms with Crippen LogP contribution >= 0.6 is 0 Å². The number of nitrogens with zero attached hydrogens (tertiary/aromatic N) is 1. The molecule has 124 valence electrons. The molecule has 0 aliphatic rings. The molecular formula is C14H23N3O4S. The molecule has 2 N–H and O–H groups in total. The summed E-state index contributed by atoms with van der Waals surface area (Å²) in [5.41, 5.74) is 0.0979. The highest BCUT2D eigenvalue weighted by atomic mass is 32.2. The van der Waals surface area contributed by atoms with E-state index in [1.807, 2.05) is 13.8 Å². The van der Waals surface area contributed by atoms with E-state index in [0.29, 0.717) is 5.69 Å². The summed E-state index contributed by atoms with van der Waals surface area (Å²) in [6.07, 6.45) is 1.64. The molecule has 0 bridgehead atoms. The third kappa shape index (κ3) is 4.67. The number of anilines is 1.